The number of rotatable bonds is 7. The molecule has 0 aliphatic heterocycles. The van der Waals surface area contributed by atoms with Crippen molar-refractivity contribution < 1.29 is 13.9 Å². The van der Waals surface area contributed by atoms with Crippen molar-refractivity contribution in [1.82, 2.24) is 10.2 Å². The van der Waals surface area contributed by atoms with Gasteiger partial charge in [-0.2, -0.15) is 0 Å². The van der Waals surface area contributed by atoms with Crippen LogP contribution in [0.15, 0.2) is 88.5 Å². The smallest absolute Gasteiger partial charge is 0.277 e. The summed E-state index contributed by atoms with van der Waals surface area (Å²) in [6, 6.07) is 24.7. The van der Waals surface area contributed by atoms with Crippen LogP contribution in [0.5, 0.6) is 5.75 Å². The third kappa shape index (κ3) is 4.95. The molecule has 0 radical (unpaired) electrons. The Morgan fingerprint density at radius 1 is 1.00 bits per heavy atom. The molecule has 31 heavy (non-hydrogen) atoms. The number of hydrogen-bond donors (Lipinski definition) is 1. The fourth-order valence-corrected chi connectivity index (χ4v) is 3.95. The van der Waals surface area contributed by atoms with Crippen LogP contribution in [-0.4, -0.2) is 23.2 Å². The van der Waals surface area contributed by atoms with Crippen LogP contribution in [0.3, 0.4) is 0 Å². The molecule has 0 spiro atoms. The van der Waals surface area contributed by atoms with Gasteiger partial charge in [-0.3, -0.25) is 4.79 Å². The maximum atomic E-state index is 13.3. The van der Waals surface area contributed by atoms with E-state index in [-0.39, 0.29) is 5.91 Å². The van der Waals surface area contributed by atoms with Gasteiger partial charge in [0.05, 0.1) is 12.8 Å². The van der Waals surface area contributed by atoms with Crippen molar-refractivity contribution in [3.63, 3.8) is 0 Å². The maximum Gasteiger partial charge on any atom is 0.277 e. The molecule has 0 bridgehead atoms. The molecule has 1 aromatic heterocycles. The van der Waals surface area contributed by atoms with Gasteiger partial charge in [-0.1, -0.05) is 54.6 Å². The molecule has 1 N–H and O–H groups in total. The van der Waals surface area contributed by atoms with Crippen molar-refractivity contribution in [2.24, 2.45) is 0 Å². The van der Waals surface area contributed by atoms with Crippen molar-refractivity contribution in [3.8, 4) is 17.2 Å². The van der Waals surface area contributed by atoms with Crippen LogP contribution in [0, 0.1) is 6.92 Å². The van der Waals surface area contributed by atoms with Crippen LogP contribution in [-0.2, 0) is 4.79 Å². The van der Waals surface area contributed by atoms with Gasteiger partial charge in [-0.15, -0.1) is 10.2 Å². The summed E-state index contributed by atoms with van der Waals surface area (Å²) in [5.41, 5.74) is 3.29. The van der Waals surface area contributed by atoms with E-state index in [1.807, 2.05) is 85.8 Å². The summed E-state index contributed by atoms with van der Waals surface area (Å²) in [5.74, 6) is 0.801. The fraction of sp³-hybridized carbons (Fsp3) is 0.125. The number of nitrogens with one attached hydrogen (secondary N) is 1. The molecule has 6 nitrogen and oxygen atoms in total. The van der Waals surface area contributed by atoms with Crippen molar-refractivity contribution in [1.29, 1.82) is 0 Å². The summed E-state index contributed by atoms with van der Waals surface area (Å²) in [5, 5.41) is 11.0. The lowest BCUT2D eigenvalue weighted by Gasteiger charge is -2.17. The molecular weight excluding hydrogens is 410 g/mol. The number of carbonyl (C=O) groups is 1. The highest BCUT2D eigenvalue weighted by atomic mass is 32.2. The predicted octanol–water partition coefficient (Wildman–Crippen LogP) is 5.53. The monoisotopic (exact) mass is 431 g/mol. The average Bonchev–Trinajstić information content (AvgIpc) is 3.27. The van der Waals surface area contributed by atoms with E-state index in [1.54, 1.807) is 7.11 Å². The molecule has 156 valence electrons. The zero-order chi connectivity index (χ0) is 21.6. The summed E-state index contributed by atoms with van der Waals surface area (Å²) in [4.78, 5) is 13.3. The van der Waals surface area contributed by atoms with Crippen molar-refractivity contribution in [3.05, 3.63) is 90.0 Å². The van der Waals surface area contributed by atoms with Crippen LogP contribution in [0.1, 0.15) is 16.4 Å². The lowest BCUT2D eigenvalue weighted by molar-refractivity contribution is -0.115. The number of hydrogen-bond acceptors (Lipinski definition) is 6. The van der Waals surface area contributed by atoms with Crippen LogP contribution < -0.4 is 10.1 Å². The Morgan fingerprint density at radius 2 is 1.71 bits per heavy atom. The molecule has 0 saturated heterocycles. The molecule has 3 aromatic carbocycles. The van der Waals surface area contributed by atoms with Gasteiger partial charge in [0.2, 0.25) is 11.8 Å². The Labute approximate surface area is 184 Å². The molecular formula is C24H21N3O3S. The van der Waals surface area contributed by atoms with Gasteiger partial charge in [0.25, 0.3) is 5.22 Å². The highest BCUT2D eigenvalue weighted by Gasteiger charge is 2.26. The van der Waals surface area contributed by atoms with Crippen LogP contribution in [0.25, 0.3) is 11.5 Å². The zero-order valence-electron chi connectivity index (χ0n) is 17.1. The van der Waals surface area contributed by atoms with E-state index < -0.39 is 5.25 Å². The molecule has 0 aliphatic rings. The normalized spacial score (nSPS) is 11.7. The molecule has 0 aliphatic carbocycles. The molecule has 4 rings (SSSR count). The third-order valence-corrected chi connectivity index (χ3v) is 5.69. The molecule has 4 aromatic rings. The van der Waals surface area contributed by atoms with Crippen molar-refractivity contribution in [2.75, 3.05) is 12.4 Å². The highest BCUT2D eigenvalue weighted by molar-refractivity contribution is 8.00. The van der Waals surface area contributed by atoms with Crippen molar-refractivity contribution >= 4 is 23.4 Å². The molecule has 1 atom stereocenters. The Hall–Kier alpha value is -3.58. The third-order valence-electron chi connectivity index (χ3n) is 4.60. The number of thioether (sulfide) groups is 1. The maximum absolute atomic E-state index is 13.3. The Bertz CT molecular complexity index is 1160. The first kappa shape index (κ1) is 20.7. The van der Waals surface area contributed by atoms with Gasteiger partial charge < -0.3 is 14.5 Å². The standard InChI is InChI=1S/C24H21N3O3S/c1-16-13-14-20(29-2)19(15-16)25-22(28)21(17-9-5-3-6-10-17)31-24-27-26-23(30-24)18-11-7-4-8-12-18/h3-15,21H,1-2H3,(H,25,28). The summed E-state index contributed by atoms with van der Waals surface area (Å²) in [6.45, 7) is 1.96. The van der Waals surface area contributed by atoms with Crippen LogP contribution >= 0.6 is 11.8 Å². The van der Waals surface area contributed by atoms with E-state index in [0.717, 1.165) is 16.7 Å². The fourth-order valence-electron chi connectivity index (χ4n) is 3.07. The Kier molecular flexibility index (Phi) is 6.33. The molecule has 7 heteroatoms. The number of anilines is 1. The number of aryl methyl sites for hydroxylation is 1. The number of carbonyl (C=O) groups excluding carboxylic acids is 1. The van der Waals surface area contributed by atoms with Gasteiger partial charge >= 0.3 is 0 Å². The van der Waals surface area contributed by atoms with Gasteiger partial charge in [-0.25, -0.2) is 0 Å². The summed E-state index contributed by atoms with van der Waals surface area (Å²) >= 11 is 1.21. The van der Waals surface area contributed by atoms with Gasteiger partial charge in [0.15, 0.2) is 0 Å². The summed E-state index contributed by atoms with van der Waals surface area (Å²) in [6.07, 6.45) is 0. The number of benzene rings is 3. The first-order valence-electron chi connectivity index (χ1n) is 9.70. The molecule has 0 fully saturated rings. The van der Waals surface area contributed by atoms with E-state index in [1.165, 1.54) is 11.8 Å². The van der Waals surface area contributed by atoms with E-state index in [2.05, 4.69) is 15.5 Å². The summed E-state index contributed by atoms with van der Waals surface area (Å²) < 4.78 is 11.2. The lowest BCUT2D eigenvalue weighted by Crippen LogP contribution is -2.19. The van der Waals surface area contributed by atoms with Crippen LogP contribution in [0.4, 0.5) is 5.69 Å². The number of aromatic nitrogens is 2. The topological polar surface area (TPSA) is 77.2 Å². The highest BCUT2D eigenvalue weighted by Crippen LogP contribution is 2.37. The first-order chi connectivity index (χ1) is 15.1. The van der Waals surface area contributed by atoms with E-state index >= 15 is 0 Å². The molecule has 1 amide bonds. The zero-order valence-corrected chi connectivity index (χ0v) is 17.9. The van der Waals surface area contributed by atoms with Crippen LogP contribution in [0.2, 0.25) is 0 Å². The van der Waals surface area contributed by atoms with Crippen molar-refractivity contribution in [2.45, 2.75) is 17.4 Å². The number of nitrogens with zero attached hydrogens (tertiary/aromatic N) is 2. The van der Waals surface area contributed by atoms with Gasteiger partial charge in [0.1, 0.15) is 11.0 Å². The predicted molar refractivity (Wildman–Crippen MR) is 121 cm³/mol. The number of amides is 1. The van der Waals surface area contributed by atoms with E-state index in [4.69, 9.17) is 9.15 Å². The molecule has 0 saturated carbocycles. The minimum atomic E-state index is -0.588. The second-order valence-corrected chi connectivity index (χ2v) is 7.90. The number of methoxy groups -OCH3 is 1. The van der Waals surface area contributed by atoms with Gasteiger partial charge in [-0.05, 0) is 54.1 Å². The lowest BCUT2D eigenvalue weighted by atomic mass is 10.1. The average molecular weight is 432 g/mol. The van der Waals surface area contributed by atoms with E-state index in [9.17, 15) is 4.79 Å². The number of ether oxygens (including phenoxy) is 1. The van der Waals surface area contributed by atoms with E-state index in [0.29, 0.717) is 22.6 Å². The largest absolute Gasteiger partial charge is 0.495 e. The SMILES string of the molecule is COc1ccc(C)cc1NC(=O)C(Sc1nnc(-c2ccccc2)o1)c1ccccc1. The second kappa shape index (κ2) is 9.49. The molecule has 1 unspecified atom stereocenters. The summed E-state index contributed by atoms with van der Waals surface area (Å²) in [7, 11) is 1.58. The minimum Gasteiger partial charge on any atom is -0.495 e. The minimum absolute atomic E-state index is 0.209. The van der Waals surface area contributed by atoms with Gasteiger partial charge in [0, 0.05) is 5.56 Å². The second-order valence-electron chi connectivity index (χ2n) is 6.84. The Morgan fingerprint density at radius 3 is 2.42 bits per heavy atom. The Balaban J connectivity index is 1.61. The quantitative estimate of drug-likeness (QED) is 0.388. The first-order valence-corrected chi connectivity index (χ1v) is 10.6. The molecule has 1 heterocycles.